The fraction of sp³-hybridized carbons (Fsp3) is 0.174. The Bertz CT molecular complexity index is 1310. The van der Waals surface area contributed by atoms with Crippen LogP contribution in [0.5, 0.6) is 0 Å². The van der Waals surface area contributed by atoms with E-state index in [1.54, 1.807) is 12.3 Å². The maximum atomic E-state index is 6.14. The van der Waals surface area contributed by atoms with Gasteiger partial charge in [-0.05, 0) is 61.5 Å². The van der Waals surface area contributed by atoms with Crippen LogP contribution in [0.1, 0.15) is 22.5 Å². The first-order valence-corrected chi connectivity index (χ1v) is 11.7. The standard InChI is InChI=1S/C23H21Cl3N6S/c1-14-22(15(2)32(30-14)12-17-6-7-20(25)21(26)9-17)29-23(33)28-19-10-27-31(13-19)11-16-4-3-5-18(24)8-16/h3-10,13H,11-12H2,1-2H3,(H2,28,29,33). The number of benzene rings is 2. The summed E-state index contributed by atoms with van der Waals surface area (Å²) in [6, 6.07) is 13.3. The SMILES string of the molecule is Cc1nn(Cc2ccc(Cl)c(Cl)c2)c(C)c1NC(=S)Nc1cnn(Cc2cccc(Cl)c2)c1. The highest BCUT2D eigenvalue weighted by Gasteiger charge is 2.14. The van der Waals surface area contributed by atoms with Gasteiger partial charge in [0, 0.05) is 11.2 Å². The summed E-state index contributed by atoms with van der Waals surface area (Å²) in [6.45, 7) is 5.11. The second kappa shape index (κ2) is 10.1. The average Bonchev–Trinajstić information content (AvgIpc) is 3.30. The molecule has 0 fully saturated rings. The number of anilines is 2. The van der Waals surface area contributed by atoms with Crippen LogP contribution in [0.2, 0.25) is 15.1 Å². The summed E-state index contributed by atoms with van der Waals surface area (Å²) in [5, 5.41) is 17.7. The molecule has 0 spiro atoms. The Morgan fingerprint density at radius 2 is 1.76 bits per heavy atom. The van der Waals surface area contributed by atoms with Crippen molar-refractivity contribution in [2.45, 2.75) is 26.9 Å². The van der Waals surface area contributed by atoms with Crippen molar-refractivity contribution in [3.63, 3.8) is 0 Å². The van der Waals surface area contributed by atoms with Gasteiger partial charge in [0.25, 0.3) is 0 Å². The van der Waals surface area contributed by atoms with Crippen LogP contribution < -0.4 is 10.6 Å². The zero-order chi connectivity index (χ0) is 23.5. The minimum Gasteiger partial charge on any atom is -0.330 e. The molecule has 10 heteroatoms. The smallest absolute Gasteiger partial charge is 0.175 e. The molecule has 0 saturated heterocycles. The van der Waals surface area contributed by atoms with Crippen molar-refractivity contribution in [2.75, 3.05) is 10.6 Å². The van der Waals surface area contributed by atoms with E-state index in [9.17, 15) is 0 Å². The first-order valence-electron chi connectivity index (χ1n) is 10.1. The highest BCUT2D eigenvalue weighted by molar-refractivity contribution is 7.80. The number of aromatic nitrogens is 4. The van der Waals surface area contributed by atoms with Gasteiger partial charge < -0.3 is 10.6 Å². The zero-order valence-electron chi connectivity index (χ0n) is 17.9. The highest BCUT2D eigenvalue weighted by atomic mass is 35.5. The number of hydrogen-bond donors (Lipinski definition) is 2. The van der Waals surface area contributed by atoms with E-state index in [4.69, 9.17) is 47.0 Å². The van der Waals surface area contributed by atoms with Crippen LogP contribution in [-0.4, -0.2) is 24.7 Å². The van der Waals surface area contributed by atoms with Crippen molar-refractivity contribution in [3.05, 3.63) is 92.4 Å². The van der Waals surface area contributed by atoms with Crippen LogP contribution >= 0.6 is 47.0 Å². The Morgan fingerprint density at radius 3 is 2.52 bits per heavy atom. The monoisotopic (exact) mass is 518 g/mol. The number of rotatable bonds is 6. The molecule has 0 amide bonds. The highest BCUT2D eigenvalue weighted by Crippen LogP contribution is 2.25. The fourth-order valence-corrected chi connectivity index (χ4v) is 4.21. The average molecular weight is 520 g/mol. The molecule has 0 radical (unpaired) electrons. The molecule has 0 aliphatic carbocycles. The fourth-order valence-electron chi connectivity index (χ4n) is 3.46. The molecule has 170 valence electrons. The van der Waals surface area contributed by atoms with Crippen LogP contribution in [0, 0.1) is 13.8 Å². The summed E-state index contributed by atoms with van der Waals surface area (Å²) in [5.74, 6) is 0. The normalized spacial score (nSPS) is 10.9. The Morgan fingerprint density at radius 1 is 0.970 bits per heavy atom. The number of nitrogens with one attached hydrogen (secondary N) is 2. The molecule has 2 aromatic heterocycles. The van der Waals surface area contributed by atoms with Crippen molar-refractivity contribution in [2.24, 2.45) is 0 Å². The van der Waals surface area contributed by atoms with Crippen LogP contribution in [0.15, 0.2) is 54.9 Å². The molecule has 6 nitrogen and oxygen atoms in total. The van der Waals surface area contributed by atoms with Crippen molar-refractivity contribution < 1.29 is 0 Å². The third-order valence-corrected chi connectivity index (χ3v) is 6.24. The van der Waals surface area contributed by atoms with Crippen LogP contribution in [0.4, 0.5) is 11.4 Å². The van der Waals surface area contributed by atoms with Crippen molar-refractivity contribution in [3.8, 4) is 0 Å². The topological polar surface area (TPSA) is 59.7 Å². The maximum Gasteiger partial charge on any atom is 0.175 e. The van der Waals surface area contributed by atoms with E-state index < -0.39 is 0 Å². The van der Waals surface area contributed by atoms with Crippen LogP contribution in [0.3, 0.4) is 0 Å². The molecule has 33 heavy (non-hydrogen) atoms. The first kappa shape index (κ1) is 23.6. The summed E-state index contributed by atoms with van der Waals surface area (Å²) in [7, 11) is 0. The van der Waals surface area contributed by atoms with Gasteiger partial charge in [0.1, 0.15) is 0 Å². The Hall–Kier alpha value is -2.58. The first-order chi connectivity index (χ1) is 15.8. The molecule has 0 bridgehead atoms. The predicted molar refractivity (Wildman–Crippen MR) is 140 cm³/mol. The van der Waals surface area contributed by atoms with Gasteiger partial charge in [0.05, 0.1) is 52.1 Å². The van der Waals surface area contributed by atoms with E-state index >= 15 is 0 Å². The van der Waals surface area contributed by atoms with Gasteiger partial charge in [0.15, 0.2) is 5.11 Å². The Labute approximate surface area is 212 Å². The van der Waals surface area contributed by atoms with Crippen molar-refractivity contribution in [1.82, 2.24) is 19.6 Å². The van der Waals surface area contributed by atoms with Gasteiger partial charge in [-0.2, -0.15) is 10.2 Å². The number of nitrogens with zero attached hydrogens (tertiary/aromatic N) is 4. The van der Waals surface area contributed by atoms with E-state index in [2.05, 4.69) is 20.8 Å². The lowest BCUT2D eigenvalue weighted by molar-refractivity contribution is 0.659. The van der Waals surface area contributed by atoms with Gasteiger partial charge in [-0.3, -0.25) is 9.36 Å². The van der Waals surface area contributed by atoms with Gasteiger partial charge in [-0.25, -0.2) is 0 Å². The van der Waals surface area contributed by atoms with E-state index in [1.165, 1.54) is 0 Å². The molecular weight excluding hydrogens is 499 g/mol. The minimum absolute atomic E-state index is 0.456. The Kier molecular flexibility index (Phi) is 7.24. The zero-order valence-corrected chi connectivity index (χ0v) is 21.0. The van der Waals surface area contributed by atoms with E-state index in [0.29, 0.717) is 33.3 Å². The minimum atomic E-state index is 0.456. The van der Waals surface area contributed by atoms with Crippen molar-refractivity contribution in [1.29, 1.82) is 0 Å². The predicted octanol–water partition coefficient (Wildman–Crippen LogP) is 6.56. The maximum absolute atomic E-state index is 6.14. The molecule has 2 heterocycles. The molecule has 0 atom stereocenters. The third kappa shape index (κ3) is 5.86. The number of halogens is 3. The van der Waals surface area contributed by atoms with Gasteiger partial charge >= 0.3 is 0 Å². The number of hydrogen-bond acceptors (Lipinski definition) is 3. The van der Waals surface area contributed by atoms with E-state index in [0.717, 1.165) is 33.9 Å². The van der Waals surface area contributed by atoms with Gasteiger partial charge in [-0.1, -0.05) is 53.0 Å². The quantitative estimate of drug-likeness (QED) is 0.282. The van der Waals surface area contributed by atoms with Crippen LogP contribution in [0.25, 0.3) is 0 Å². The molecule has 4 rings (SSSR count). The molecule has 2 aromatic carbocycles. The lowest BCUT2D eigenvalue weighted by Crippen LogP contribution is -2.19. The number of thiocarbonyl (C=S) groups is 1. The molecule has 4 aromatic rings. The summed E-state index contributed by atoms with van der Waals surface area (Å²) in [5.41, 5.74) is 5.52. The van der Waals surface area contributed by atoms with E-state index in [-0.39, 0.29) is 0 Å². The molecule has 2 N–H and O–H groups in total. The molecule has 0 saturated carbocycles. The summed E-state index contributed by atoms with van der Waals surface area (Å²) < 4.78 is 3.73. The summed E-state index contributed by atoms with van der Waals surface area (Å²) in [6.07, 6.45) is 3.62. The largest absolute Gasteiger partial charge is 0.330 e. The third-order valence-electron chi connectivity index (χ3n) is 5.06. The molecular formula is C23H21Cl3N6S. The summed E-state index contributed by atoms with van der Waals surface area (Å²) >= 11 is 23.7. The summed E-state index contributed by atoms with van der Waals surface area (Å²) in [4.78, 5) is 0. The van der Waals surface area contributed by atoms with Crippen LogP contribution in [-0.2, 0) is 13.1 Å². The van der Waals surface area contributed by atoms with Gasteiger partial charge in [0.2, 0.25) is 0 Å². The van der Waals surface area contributed by atoms with Gasteiger partial charge in [-0.15, -0.1) is 0 Å². The second-order valence-corrected chi connectivity index (χ2v) is 9.25. The van der Waals surface area contributed by atoms with Crippen molar-refractivity contribution >= 4 is 63.5 Å². The molecule has 0 aliphatic rings. The van der Waals surface area contributed by atoms with E-state index in [1.807, 2.05) is 65.8 Å². The second-order valence-electron chi connectivity index (χ2n) is 7.59. The number of aryl methyl sites for hydroxylation is 1. The lowest BCUT2D eigenvalue weighted by Gasteiger charge is -2.10. The molecule has 0 unspecified atom stereocenters. The molecule has 0 aliphatic heterocycles. The Balaban J connectivity index is 1.40. The lowest BCUT2D eigenvalue weighted by atomic mass is 10.2.